The summed E-state index contributed by atoms with van der Waals surface area (Å²) in [6.07, 6.45) is 6.11. The van der Waals surface area contributed by atoms with Crippen molar-refractivity contribution in [3.05, 3.63) is 12.2 Å². The molecular weight excluding hydrogens is 354 g/mol. The van der Waals surface area contributed by atoms with E-state index in [4.69, 9.17) is 4.74 Å². The highest BCUT2D eigenvalue weighted by Gasteiger charge is 2.86. The molecular formula is C17H19BrF2O2. The van der Waals surface area contributed by atoms with Crippen molar-refractivity contribution < 1.29 is 18.3 Å². The first kappa shape index (κ1) is 13.9. The van der Waals surface area contributed by atoms with E-state index in [-0.39, 0.29) is 17.8 Å². The monoisotopic (exact) mass is 372 g/mol. The lowest BCUT2D eigenvalue weighted by atomic mass is 9.61. The van der Waals surface area contributed by atoms with Crippen LogP contribution in [0.2, 0.25) is 0 Å². The number of cyclic esters (lactones) is 1. The number of carbonyl (C=O) groups excluding carboxylic acids is 1. The zero-order valence-corrected chi connectivity index (χ0v) is 13.8. The molecule has 0 amide bonds. The molecule has 0 aromatic rings. The second kappa shape index (κ2) is 4.14. The lowest BCUT2D eigenvalue weighted by Crippen LogP contribution is -2.60. The van der Waals surface area contributed by atoms with Crippen molar-refractivity contribution in [1.29, 1.82) is 0 Å². The Bertz CT molecular complexity index is 581. The first-order valence-electron chi connectivity index (χ1n) is 8.36. The maximum Gasteiger partial charge on any atom is 0.348 e. The number of alkyl halides is 3. The molecule has 9 unspecified atom stereocenters. The van der Waals surface area contributed by atoms with Gasteiger partial charge in [-0.2, -0.15) is 0 Å². The van der Waals surface area contributed by atoms with Gasteiger partial charge in [0.2, 0.25) is 5.67 Å². The van der Waals surface area contributed by atoms with Crippen LogP contribution in [0, 0.1) is 35.5 Å². The van der Waals surface area contributed by atoms with Crippen LogP contribution in [0.25, 0.3) is 0 Å². The van der Waals surface area contributed by atoms with E-state index in [0.717, 1.165) is 6.42 Å². The van der Waals surface area contributed by atoms with Crippen LogP contribution < -0.4 is 0 Å². The van der Waals surface area contributed by atoms with E-state index in [2.05, 4.69) is 28.1 Å². The minimum Gasteiger partial charge on any atom is -0.456 e. The first-order chi connectivity index (χ1) is 10.5. The Hall–Kier alpha value is -0.450. The Morgan fingerprint density at radius 2 is 1.86 bits per heavy atom. The number of hydrogen-bond acceptors (Lipinski definition) is 2. The number of allylic oxidation sites excluding steroid dienone is 2. The lowest BCUT2D eigenvalue weighted by molar-refractivity contribution is -0.157. The topological polar surface area (TPSA) is 26.3 Å². The average Bonchev–Trinajstić information content (AvgIpc) is 3.24. The van der Waals surface area contributed by atoms with Crippen LogP contribution in [-0.2, 0) is 9.53 Å². The van der Waals surface area contributed by atoms with Crippen LogP contribution in [0.1, 0.15) is 25.7 Å². The van der Waals surface area contributed by atoms with E-state index in [1.54, 1.807) is 0 Å². The van der Waals surface area contributed by atoms with E-state index >= 15 is 8.78 Å². The molecule has 5 rings (SSSR count). The molecule has 3 saturated carbocycles. The number of ether oxygens (including phenoxy) is 1. The molecule has 4 aliphatic carbocycles. The maximum atomic E-state index is 16.0. The van der Waals surface area contributed by atoms with Crippen LogP contribution in [0.15, 0.2) is 12.2 Å². The number of fused-ring (bicyclic) bond motifs is 12. The van der Waals surface area contributed by atoms with Gasteiger partial charge >= 0.3 is 5.97 Å². The van der Waals surface area contributed by atoms with Gasteiger partial charge in [0.05, 0.1) is 0 Å². The Balaban J connectivity index is 1.58. The third-order valence-electron chi connectivity index (χ3n) is 7.24. The molecule has 4 bridgehead atoms. The molecule has 22 heavy (non-hydrogen) atoms. The summed E-state index contributed by atoms with van der Waals surface area (Å²) in [6.45, 7) is 0. The molecule has 4 fully saturated rings. The summed E-state index contributed by atoms with van der Waals surface area (Å²) in [5.41, 5.74) is -4.50. The van der Waals surface area contributed by atoms with E-state index in [1.165, 1.54) is 0 Å². The quantitative estimate of drug-likeness (QED) is 0.327. The third kappa shape index (κ3) is 1.24. The summed E-state index contributed by atoms with van der Waals surface area (Å²) < 4.78 is 37.0. The van der Waals surface area contributed by atoms with Crippen molar-refractivity contribution in [3.8, 4) is 0 Å². The fraction of sp³-hybridized carbons (Fsp3) is 0.824. The van der Waals surface area contributed by atoms with Crippen LogP contribution in [0.4, 0.5) is 8.78 Å². The summed E-state index contributed by atoms with van der Waals surface area (Å²) in [4.78, 5) is 12.3. The molecule has 9 atom stereocenters. The van der Waals surface area contributed by atoms with E-state index in [0.29, 0.717) is 36.4 Å². The standard InChI is InChI=1S/C17H19BrF2O2/c18-5-1-2-12-16(19)10-7-11(17(16,20)15(21)22-12)14-9-4-3-8(6-9)13(10)14/h3-4,8-14H,1-2,5-7H2. The Kier molecular flexibility index (Phi) is 2.62. The average molecular weight is 373 g/mol. The summed E-state index contributed by atoms with van der Waals surface area (Å²) in [5.74, 6) is -0.655. The Morgan fingerprint density at radius 3 is 2.55 bits per heavy atom. The summed E-state index contributed by atoms with van der Waals surface area (Å²) in [5, 5.41) is 0.712. The highest BCUT2D eigenvalue weighted by Crippen LogP contribution is 2.75. The van der Waals surface area contributed by atoms with Crippen molar-refractivity contribution >= 4 is 21.9 Å². The van der Waals surface area contributed by atoms with Gasteiger partial charge in [-0.15, -0.1) is 0 Å². The number of carbonyl (C=O) groups is 1. The van der Waals surface area contributed by atoms with Crippen LogP contribution in [0.3, 0.4) is 0 Å². The fourth-order valence-electron chi connectivity index (χ4n) is 6.67. The molecule has 0 radical (unpaired) electrons. The van der Waals surface area contributed by atoms with Gasteiger partial charge in [0.1, 0.15) is 6.10 Å². The van der Waals surface area contributed by atoms with Gasteiger partial charge in [-0.3, -0.25) is 0 Å². The van der Waals surface area contributed by atoms with Gasteiger partial charge < -0.3 is 4.74 Å². The Labute approximate surface area is 136 Å². The van der Waals surface area contributed by atoms with Gasteiger partial charge in [0.15, 0.2) is 5.67 Å². The van der Waals surface area contributed by atoms with E-state index in [9.17, 15) is 4.79 Å². The molecule has 1 heterocycles. The summed E-state index contributed by atoms with van der Waals surface area (Å²) >= 11 is 3.32. The number of rotatable bonds is 3. The first-order valence-corrected chi connectivity index (χ1v) is 9.48. The van der Waals surface area contributed by atoms with Gasteiger partial charge in [-0.05, 0) is 49.4 Å². The van der Waals surface area contributed by atoms with E-state index in [1.807, 2.05) is 0 Å². The highest BCUT2D eigenvalue weighted by molar-refractivity contribution is 9.09. The second-order valence-corrected chi connectivity index (χ2v) is 8.55. The van der Waals surface area contributed by atoms with Crippen LogP contribution in [0.5, 0.6) is 0 Å². The van der Waals surface area contributed by atoms with Crippen molar-refractivity contribution in [2.45, 2.75) is 43.1 Å². The molecule has 0 spiro atoms. The molecule has 0 aromatic heterocycles. The minimum atomic E-state index is -2.39. The second-order valence-electron chi connectivity index (χ2n) is 7.76. The van der Waals surface area contributed by atoms with Crippen molar-refractivity contribution in [2.75, 3.05) is 5.33 Å². The summed E-state index contributed by atoms with van der Waals surface area (Å²) in [7, 11) is 0. The molecule has 1 aliphatic heterocycles. The van der Waals surface area contributed by atoms with Crippen molar-refractivity contribution in [2.24, 2.45) is 35.5 Å². The highest BCUT2D eigenvalue weighted by atomic mass is 79.9. The normalized spacial score (nSPS) is 60.0. The van der Waals surface area contributed by atoms with E-state index < -0.39 is 29.3 Å². The van der Waals surface area contributed by atoms with Gasteiger partial charge in [-0.1, -0.05) is 28.1 Å². The number of hydrogen-bond donors (Lipinski definition) is 0. The largest absolute Gasteiger partial charge is 0.456 e. The smallest absolute Gasteiger partial charge is 0.348 e. The SMILES string of the molecule is O=C1OC(CCCBr)C2(F)C3CC(C4C5C=CC(C5)C43)C12F. The van der Waals surface area contributed by atoms with Crippen LogP contribution >= 0.6 is 15.9 Å². The minimum absolute atomic E-state index is 0.149. The Morgan fingerprint density at radius 1 is 1.18 bits per heavy atom. The van der Waals surface area contributed by atoms with Crippen molar-refractivity contribution in [1.82, 2.24) is 0 Å². The summed E-state index contributed by atoms with van der Waals surface area (Å²) in [6, 6.07) is 0. The predicted molar refractivity (Wildman–Crippen MR) is 79.9 cm³/mol. The van der Waals surface area contributed by atoms with Crippen molar-refractivity contribution in [3.63, 3.8) is 0 Å². The van der Waals surface area contributed by atoms with Gasteiger partial charge in [-0.25, -0.2) is 13.6 Å². The maximum absolute atomic E-state index is 16.0. The molecule has 5 aliphatic rings. The van der Waals surface area contributed by atoms with Gasteiger partial charge in [0, 0.05) is 17.2 Å². The van der Waals surface area contributed by atoms with Gasteiger partial charge in [0.25, 0.3) is 0 Å². The number of esters is 1. The zero-order valence-electron chi connectivity index (χ0n) is 12.2. The predicted octanol–water partition coefficient (Wildman–Crippen LogP) is 3.59. The van der Waals surface area contributed by atoms with Crippen LogP contribution in [-0.4, -0.2) is 28.7 Å². The molecule has 0 N–H and O–H groups in total. The zero-order chi connectivity index (χ0) is 15.3. The third-order valence-corrected chi connectivity index (χ3v) is 7.80. The molecule has 1 saturated heterocycles. The fourth-order valence-corrected chi connectivity index (χ4v) is 6.99. The molecule has 0 aromatic carbocycles. The molecule has 120 valence electrons. The molecule has 2 nitrogen and oxygen atoms in total. The lowest BCUT2D eigenvalue weighted by Gasteiger charge is -2.44. The molecule has 5 heteroatoms. The number of halogens is 3.